The molecular formula is C15H18N2O3S. The van der Waals surface area contributed by atoms with Gasteiger partial charge in [-0.25, -0.2) is 8.42 Å². The van der Waals surface area contributed by atoms with Gasteiger partial charge >= 0.3 is 0 Å². The molecule has 0 aliphatic heterocycles. The Kier molecular flexibility index (Phi) is 4.70. The van der Waals surface area contributed by atoms with Gasteiger partial charge < -0.3 is 10.5 Å². The van der Waals surface area contributed by atoms with E-state index < -0.39 is 10.0 Å². The molecule has 0 spiro atoms. The summed E-state index contributed by atoms with van der Waals surface area (Å²) in [7, 11) is -1.91. The molecule has 3 N–H and O–H groups in total. The largest absolute Gasteiger partial charge is 0.495 e. The Balaban J connectivity index is 2.02. The number of nitrogen functional groups attached to an aromatic ring is 1. The Morgan fingerprint density at radius 2 is 1.86 bits per heavy atom. The SMILES string of the molecule is COc1ccc(NS(=O)(=O)CCc2ccccc2)cc1N. The van der Waals surface area contributed by atoms with Gasteiger partial charge in [-0.2, -0.15) is 0 Å². The first kappa shape index (κ1) is 15.2. The van der Waals surface area contributed by atoms with E-state index in [2.05, 4.69) is 4.72 Å². The minimum absolute atomic E-state index is 0.0168. The molecular weight excluding hydrogens is 288 g/mol. The normalized spacial score (nSPS) is 11.1. The molecule has 0 heterocycles. The number of hydrogen-bond acceptors (Lipinski definition) is 4. The van der Waals surface area contributed by atoms with Gasteiger partial charge in [-0.3, -0.25) is 4.72 Å². The Bertz CT molecular complexity index is 700. The molecule has 0 amide bonds. The number of aryl methyl sites for hydroxylation is 1. The van der Waals surface area contributed by atoms with Crippen molar-refractivity contribution in [1.82, 2.24) is 0 Å². The molecule has 2 aromatic carbocycles. The molecule has 2 rings (SSSR count). The summed E-state index contributed by atoms with van der Waals surface area (Å²) in [5.41, 5.74) is 7.56. The maximum Gasteiger partial charge on any atom is 0.233 e. The molecule has 0 radical (unpaired) electrons. The lowest BCUT2D eigenvalue weighted by molar-refractivity contribution is 0.417. The number of benzene rings is 2. The average molecular weight is 306 g/mol. The van der Waals surface area contributed by atoms with E-state index in [0.29, 0.717) is 23.5 Å². The number of rotatable bonds is 6. The van der Waals surface area contributed by atoms with Gasteiger partial charge in [-0.05, 0) is 30.2 Å². The third-order valence-corrected chi connectivity index (χ3v) is 4.29. The molecule has 0 atom stereocenters. The monoisotopic (exact) mass is 306 g/mol. The van der Waals surface area contributed by atoms with E-state index in [9.17, 15) is 8.42 Å². The lowest BCUT2D eigenvalue weighted by Gasteiger charge is -2.10. The van der Waals surface area contributed by atoms with E-state index >= 15 is 0 Å². The van der Waals surface area contributed by atoms with Crippen molar-refractivity contribution < 1.29 is 13.2 Å². The van der Waals surface area contributed by atoms with Crippen LogP contribution in [0.5, 0.6) is 5.75 Å². The topological polar surface area (TPSA) is 81.4 Å². The van der Waals surface area contributed by atoms with Crippen molar-refractivity contribution in [2.24, 2.45) is 0 Å². The number of nitrogens with one attached hydrogen (secondary N) is 1. The van der Waals surface area contributed by atoms with Crippen molar-refractivity contribution >= 4 is 21.4 Å². The van der Waals surface area contributed by atoms with Crippen LogP contribution < -0.4 is 15.2 Å². The summed E-state index contributed by atoms with van der Waals surface area (Å²) in [5, 5.41) is 0. The number of nitrogens with two attached hydrogens (primary N) is 1. The molecule has 0 unspecified atom stereocenters. The van der Waals surface area contributed by atoms with Crippen LogP contribution in [0.2, 0.25) is 0 Å². The van der Waals surface area contributed by atoms with Crippen molar-refractivity contribution in [3.63, 3.8) is 0 Å². The van der Waals surface area contributed by atoms with Gasteiger partial charge in [-0.15, -0.1) is 0 Å². The van der Waals surface area contributed by atoms with Crippen LogP contribution in [0, 0.1) is 0 Å². The fourth-order valence-electron chi connectivity index (χ4n) is 1.93. The van der Waals surface area contributed by atoms with Crippen molar-refractivity contribution in [2.75, 3.05) is 23.3 Å². The van der Waals surface area contributed by atoms with E-state index in [-0.39, 0.29) is 5.75 Å². The van der Waals surface area contributed by atoms with Crippen LogP contribution in [0.25, 0.3) is 0 Å². The van der Waals surface area contributed by atoms with Crippen LogP contribution in [0.4, 0.5) is 11.4 Å². The molecule has 0 aliphatic carbocycles. The Hall–Kier alpha value is -2.21. The Labute approximate surface area is 124 Å². The van der Waals surface area contributed by atoms with Crippen LogP contribution in [0.3, 0.4) is 0 Å². The van der Waals surface area contributed by atoms with Crippen LogP contribution in [-0.2, 0) is 16.4 Å². The van der Waals surface area contributed by atoms with Gasteiger partial charge in [0, 0.05) is 0 Å². The molecule has 112 valence electrons. The lowest BCUT2D eigenvalue weighted by atomic mass is 10.2. The molecule has 0 aromatic heterocycles. The van der Waals surface area contributed by atoms with Crippen LogP contribution in [-0.4, -0.2) is 21.3 Å². The molecule has 21 heavy (non-hydrogen) atoms. The van der Waals surface area contributed by atoms with Crippen LogP contribution in [0.1, 0.15) is 5.56 Å². The standard InChI is InChI=1S/C15H18N2O3S/c1-20-15-8-7-13(11-14(15)16)17-21(18,19)10-9-12-5-3-2-4-6-12/h2-8,11,17H,9-10,16H2,1H3. The highest BCUT2D eigenvalue weighted by molar-refractivity contribution is 7.92. The smallest absolute Gasteiger partial charge is 0.233 e. The van der Waals surface area contributed by atoms with Crippen molar-refractivity contribution in [2.45, 2.75) is 6.42 Å². The predicted molar refractivity (Wildman–Crippen MR) is 85.0 cm³/mol. The van der Waals surface area contributed by atoms with Crippen molar-refractivity contribution in [3.05, 3.63) is 54.1 Å². The van der Waals surface area contributed by atoms with Crippen molar-refractivity contribution in [3.8, 4) is 5.75 Å². The lowest BCUT2D eigenvalue weighted by Crippen LogP contribution is -2.18. The first-order valence-electron chi connectivity index (χ1n) is 6.48. The molecule has 0 saturated heterocycles. The number of sulfonamides is 1. The number of methoxy groups -OCH3 is 1. The van der Waals surface area contributed by atoms with Crippen LogP contribution >= 0.6 is 0 Å². The van der Waals surface area contributed by atoms with Gasteiger partial charge in [-0.1, -0.05) is 30.3 Å². The highest BCUT2D eigenvalue weighted by atomic mass is 32.2. The second-order valence-corrected chi connectivity index (χ2v) is 6.46. The molecule has 0 fully saturated rings. The third kappa shape index (κ3) is 4.39. The van der Waals surface area contributed by atoms with E-state index in [0.717, 1.165) is 5.56 Å². The summed E-state index contributed by atoms with van der Waals surface area (Å²) in [4.78, 5) is 0. The minimum atomic E-state index is -3.42. The summed E-state index contributed by atoms with van der Waals surface area (Å²) in [6.07, 6.45) is 0.460. The van der Waals surface area contributed by atoms with Gasteiger partial charge in [0.15, 0.2) is 0 Å². The maximum atomic E-state index is 12.1. The molecule has 0 bridgehead atoms. The highest BCUT2D eigenvalue weighted by Gasteiger charge is 2.11. The second kappa shape index (κ2) is 6.49. The van der Waals surface area contributed by atoms with Crippen molar-refractivity contribution in [1.29, 1.82) is 0 Å². The molecule has 2 aromatic rings. The Morgan fingerprint density at radius 1 is 1.14 bits per heavy atom. The average Bonchev–Trinajstić information content (AvgIpc) is 2.46. The fourth-order valence-corrected chi connectivity index (χ4v) is 3.02. The zero-order valence-electron chi connectivity index (χ0n) is 11.7. The van der Waals surface area contributed by atoms with Gasteiger partial charge in [0.25, 0.3) is 0 Å². The summed E-state index contributed by atoms with van der Waals surface area (Å²) < 4.78 is 31.7. The maximum absolute atomic E-state index is 12.1. The first-order chi connectivity index (χ1) is 10.00. The summed E-state index contributed by atoms with van der Waals surface area (Å²) in [5.74, 6) is 0.533. The fraction of sp³-hybridized carbons (Fsp3) is 0.200. The van der Waals surface area contributed by atoms with Crippen LogP contribution in [0.15, 0.2) is 48.5 Å². The van der Waals surface area contributed by atoms with E-state index in [1.54, 1.807) is 18.2 Å². The van der Waals surface area contributed by atoms with E-state index in [1.165, 1.54) is 7.11 Å². The third-order valence-electron chi connectivity index (χ3n) is 3.01. The second-order valence-electron chi connectivity index (χ2n) is 4.61. The summed E-state index contributed by atoms with van der Waals surface area (Å²) in [6.45, 7) is 0. The molecule has 0 saturated carbocycles. The molecule has 5 nitrogen and oxygen atoms in total. The van der Waals surface area contributed by atoms with Gasteiger partial charge in [0.2, 0.25) is 10.0 Å². The van der Waals surface area contributed by atoms with E-state index in [4.69, 9.17) is 10.5 Å². The molecule has 6 heteroatoms. The van der Waals surface area contributed by atoms with E-state index in [1.807, 2.05) is 30.3 Å². The van der Waals surface area contributed by atoms with Gasteiger partial charge in [0.05, 0.1) is 24.2 Å². The summed E-state index contributed by atoms with van der Waals surface area (Å²) in [6, 6.07) is 14.3. The number of ether oxygens (including phenoxy) is 1. The number of anilines is 2. The van der Waals surface area contributed by atoms with Gasteiger partial charge in [0.1, 0.15) is 5.75 Å². The molecule has 0 aliphatic rings. The Morgan fingerprint density at radius 3 is 2.48 bits per heavy atom. The summed E-state index contributed by atoms with van der Waals surface area (Å²) >= 11 is 0. The zero-order valence-corrected chi connectivity index (χ0v) is 12.6. The quantitative estimate of drug-likeness (QED) is 0.802. The first-order valence-corrected chi connectivity index (χ1v) is 8.13. The number of hydrogen-bond donors (Lipinski definition) is 2. The minimum Gasteiger partial charge on any atom is -0.495 e. The predicted octanol–water partition coefficient (Wildman–Crippen LogP) is 2.26. The highest BCUT2D eigenvalue weighted by Crippen LogP contribution is 2.25. The zero-order chi connectivity index (χ0) is 15.3.